The third-order valence-electron chi connectivity index (χ3n) is 4.54. The number of furan rings is 1. The van der Waals surface area contributed by atoms with E-state index in [2.05, 4.69) is 10.2 Å². The standard InChI is InChI=1S/C18H21N3O4/c22-13-14-6-7-15(16(11-14)21(23)24)19-12-17(18-5-4-10-25-18)20-8-2-1-3-9-20/h4-7,10-11,13,17,19H,1-3,8-9,12H2/t17-/m1/s1. The minimum absolute atomic E-state index is 0.0145. The van der Waals surface area contributed by atoms with Crippen LogP contribution in [-0.4, -0.2) is 35.7 Å². The number of carbonyl (C=O) groups excluding carboxylic acids is 1. The predicted octanol–water partition coefficient (Wildman–Crippen LogP) is 3.64. The number of likely N-dealkylation sites (tertiary alicyclic amines) is 1. The molecule has 132 valence electrons. The van der Waals surface area contributed by atoms with Gasteiger partial charge < -0.3 is 9.73 Å². The molecule has 1 aromatic carbocycles. The molecule has 7 heteroatoms. The Balaban J connectivity index is 1.79. The van der Waals surface area contributed by atoms with Crippen LogP contribution in [0.4, 0.5) is 11.4 Å². The third-order valence-corrected chi connectivity index (χ3v) is 4.54. The van der Waals surface area contributed by atoms with E-state index in [4.69, 9.17) is 4.42 Å². The zero-order chi connectivity index (χ0) is 17.6. The van der Waals surface area contributed by atoms with Gasteiger partial charge in [-0.2, -0.15) is 0 Å². The number of nitrogens with zero attached hydrogens (tertiary/aromatic N) is 2. The number of benzene rings is 1. The van der Waals surface area contributed by atoms with Gasteiger partial charge in [-0.05, 0) is 50.2 Å². The van der Waals surface area contributed by atoms with Crippen molar-refractivity contribution >= 4 is 17.7 Å². The first-order chi connectivity index (χ1) is 12.2. The number of nitrogens with one attached hydrogen (secondary N) is 1. The first kappa shape index (κ1) is 17.2. The molecule has 0 aliphatic carbocycles. The first-order valence-corrected chi connectivity index (χ1v) is 8.44. The number of aldehydes is 1. The van der Waals surface area contributed by atoms with Crippen molar-refractivity contribution < 1.29 is 14.1 Å². The Hall–Kier alpha value is -2.67. The molecular weight excluding hydrogens is 322 g/mol. The van der Waals surface area contributed by atoms with Crippen molar-refractivity contribution in [3.05, 3.63) is 58.0 Å². The van der Waals surface area contributed by atoms with Crippen molar-refractivity contribution in [3.63, 3.8) is 0 Å². The minimum atomic E-state index is -0.474. The average molecular weight is 343 g/mol. The minimum Gasteiger partial charge on any atom is -0.468 e. The van der Waals surface area contributed by atoms with Crippen molar-refractivity contribution in [2.24, 2.45) is 0 Å². The molecule has 1 N–H and O–H groups in total. The van der Waals surface area contributed by atoms with E-state index in [1.807, 2.05) is 12.1 Å². The van der Waals surface area contributed by atoms with Gasteiger partial charge in [0, 0.05) is 18.2 Å². The number of nitro groups is 1. The highest BCUT2D eigenvalue weighted by molar-refractivity contribution is 5.79. The lowest BCUT2D eigenvalue weighted by atomic mass is 10.1. The number of anilines is 1. The molecule has 2 heterocycles. The lowest BCUT2D eigenvalue weighted by Gasteiger charge is -2.33. The summed E-state index contributed by atoms with van der Waals surface area (Å²) < 4.78 is 5.59. The Kier molecular flexibility index (Phi) is 5.45. The summed E-state index contributed by atoms with van der Waals surface area (Å²) in [6, 6.07) is 8.25. The Morgan fingerprint density at radius 3 is 2.72 bits per heavy atom. The van der Waals surface area contributed by atoms with Gasteiger partial charge in [-0.15, -0.1) is 0 Å². The molecule has 0 bridgehead atoms. The molecule has 0 radical (unpaired) electrons. The van der Waals surface area contributed by atoms with E-state index >= 15 is 0 Å². The zero-order valence-corrected chi connectivity index (χ0v) is 13.9. The summed E-state index contributed by atoms with van der Waals surface area (Å²) in [5.74, 6) is 0.849. The summed E-state index contributed by atoms with van der Waals surface area (Å²) in [6.07, 6.45) is 5.77. The van der Waals surface area contributed by atoms with E-state index in [9.17, 15) is 14.9 Å². The molecule has 25 heavy (non-hydrogen) atoms. The SMILES string of the molecule is O=Cc1ccc(NC[C@H](c2ccco2)N2CCCCC2)c([N+](=O)[O-])c1. The quantitative estimate of drug-likeness (QED) is 0.469. The second kappa shape index (κ2) is 7.94. The van der Waals surface area contributed by atoms with Crippen LogP contribution in [0.1, 0.15) is 41.4 Å². The van der Waals surface area contributed by atoms with E-state index in [1.54, 1.807) is 18.4 Å². The van der Waals surface area contributed by atoms with Gasteiger partial charge in [0.15, 0.2) is 0 Å². The van der Waals surface area contributed by atoms with Gasteiger partial charge in [-0.25, -0.2) is 0 Å². The maximum absolute atomic E-state index is 11.3. The van der Waals surface area contributed by atoms with Gasteiger partial charge in [0.25, 0.3) is 5.69 Å². The van der Waals surface area contributed by atoms with Gasteiger partial charge in [-0.3, -0.25) is 19.8 Å². The Morgan fingerprint density at radius 2 is 2.08 bits per heavy atom. The Labute approximate surface area is 145 Å². The van der Waals surface area contributed by atoms with Crippen molar-refractivity contribution in [2.75, 3.05) is 25.0 Å². The largest absolute Gasteiger partial charge is 0.468 e. The van der Waals surface area contributed by atoms with E-state index < -0.39 is 4.92 Å². The fourth-order valence-corrected chi connectivity index (χ4v) is 3.25. The predicted molar refractivity (Wildman–Crippen MR) is 93.8 cm³/mol. The van der Waals surface area contributed by atoms with Crippen LogP contribution in [-0.2, 0) is 0 Å². The molecule has 0 saturated carbocycles. The maximum Gasteiger partial charge on any atom is 0.293 e. The van der Waals surface area contributed by atoms with Crippen molar-refractivity contribution in [1.29, 1.82) is 0 Å². The molecule has 1 atom stereocenters. The number of hydrogen-bond acceptors (Lipinski definition) is 6. The molecule has 2 aromatic rings. The molecule has 1 aromatic heterocycles. The van der Waals surface area contributed by atoms with Gasteiger partial charge in [0.05, 0.1) is 17.2 Å². The van der Waals surface area contributed by atoms with E-state index in [0.29, 0.717) is 18.5 Å². The van der Waals surface area contributed by atoms with Crippen LogP contribution in [0.15, 0.2) is 41.0 Å². The van der Waals surface area contributed by atoms with Gasteiger partial charge in [-0.1, -0.05) is 6.42 Å². The number of nitro benzene ring substituents is 1. The van der Waals surface area contributed by atoms with E-state index in [-0.39, 0.29) is 17.3 Å². The van der Waals surface area contributed by atoms with Crippen LogP contribution in [0.2, 0.25) is 0 Å². The fraction of sp³-hybridized carbons (Fsp3) is 0.389. The van der Waals surface area contributed by atoms with E-state index in [1.165, 1.54) is 12.5 Å². The average Bonchev–Trinajstić information content (AvgIpc) is 3.17. The Bertz CT molecular complexity index is 724. The third kappa shape index (κ3) is 4.06. The van der Waals surface area contributed by atoms with Gasteiger partial charge >= 0.3 is 0 Å². The summed E-state index contributed by atoms with van der Waals surface area (Å²) >= 11 is 0. The molecule has 1 saturated heterocycles. The highest BCUT2D eigenvalue weighted by atomic mass is 16.6. The molecular formula is C18H21N3O4. The topological polar surface area (TPSA) is 88.6 Å². The van der Waals surface area contributed by atoms with Gasteiger partial charge in [0.1, 0.15) is 17.7 Å². The summed E-state index contributed by atoms with van der Waals surface area (Å²) in [7, 11) is 0. The molecule has 3 rings (SSSR count). The molecule has 1 aliphatic rings. The van der Waals surface area contributed by atoms with Crippen LogP contribution in [0, 0.1) is 10.1 Å². The molecule has 1 aliphatic heterocycles. The molecule has 0 amide bonds. The van der Waals surface area contributed by atoms with Crippen molar-refractivity contribution in [1.82, 2.24) is 4.90 Å². The highest BCUT2D eigenvalue weighted by Crippen LogP contribution is 2.29. The number of hydrogen-bond donors (Lipinski definition) is 1. The van der Waals surface area contributed by atoms with Crippen LogP contribution in [0.25, 0.3) is 0 Å². The Morgan fingerprint density at radius 1 is 1.28 bits per heavy atom. The lowest BCUT2D eigenvalue weighted by molar-refractivity contribution is -0.384. The summed E-state index contributed by atoms with van der Waals surface area (Å²) in [6.45, 7) is 2.47. The first-order valence-electron chi connectivity index (χ1n) is 8.44. The number of rotatable bonds is 7. The summed E-state index contributed by atoms with van der Waals surface area (Å²) in [4.78, 5) is 24.0. The lowest BCUT2D eigenvalue weighted by Crippen LogP contribution is -2.37. The van der Waals surface area contributed by atoms with Crippen LogP contribution in [0.5, 0.6) is 0 Å². The van der Waals surface area contributed by atoms with Crippen molar-refractivity contribution in [2.45, 2.75) is 25.3 Å². The highest BCUT2D eigenvalue weighted by Gasteiger charge is 2.25. The van der Waals surface area contributed by atoms with E-state index in [0.717, 1.165) is 31.7 Å². The second-order valence-electron chi connectivity index (χ2n) is 6.16. The zero-order valence-electron chi connectivity index (χ0n) is 13.9. The summed E-state index contributed by atoms with van der Waals surface area (Å²) in [5, 5.41) is 14.5. The molecule has 0 spiro atoms. The molecule has 0 unspecified atom stereocenters. The van der Waals surface area contributed by atoms with Gasteiger partial charge in [0.2, 0.25) is 0 Å². The normalized spacial score (nSPS) is 16.3. The number of carbonyl (C=O) groups is 1. The summed E-state index contributed by atoms with van der Waals surface area (Å²) in [5.41, 5.74) is 0.599. The number of piperidine rings is 1. The second-order valence-corrected chi connectivity index (χ2v) is 6.16. The molecule has 1 fully saturated rings. The smallest absolute Gasteiger partial charge is 0.293 e. The monoisotopic (exact) mass is 343 g/mol. The van der Waals surface area contributed by atoms with Crippen LogP contribution >= 0.6 is 0 Å². The van der Waals surface area contributed by atoms with Crippen molar-refractivity contribution in [3.8, 4) is 0 Å². The van der Waals surface area contributed by atoms with Crippen LogP contribution in [0.3, 0.4) is 0 Å². The fourth-order valence-electron chi connectivity index (χ4n) is 3.25. The van der Waals surface area contributed by atoms with Crippen LogP contribution < -0.4 is 5.32 Å². The maximum atomic E-state index is 11.3. The molecule has 7 nitrogen and oxygen atoms in total.